The van der Waals surface area contributed by atoms with Crippen molar-refractivity contribution in [2.24, 2.45) is 0 Å². The van der Waals surface area contributed by atoms with Crippen molar-refractivity contribution in [3.05, 3.63) is 70.1 Å². The third kappa shape index (κ3) is 5.24. The molecule has 0 saturated carbocycles. The van der Waals surface area contributed by atoms with Gasteiger partial charge in [-0.25, -0.2) is 4.39 Å². The van der Waals surface area contributed by atoms with Crippen molar-refractivity contribution in [1.82, 2.24) is 4.98 Å². The van der Waals surface area contributed by atoms with Crippen molar-refractivity contribution >= 4 is 39.2 Å². The van der Waals surface area contributed by atoms with Crippen molar-refractivity contribution in [2.75, 3.05) is 6.61 Å². The Morgan fingerprint density at radius 1 is 1.17 bits per heavy atom. The number of fused-ring (bicyclic) bond motifs is 1. The maximum Gasteiger partial charge on any atom is 0.307 e. The van der Waals surface area contributed by atoms with Crippen molar-refractivity contribution in [1.29, 1.82) is 0 Å². The summed E-state index contributed by atoms with van der Waals surface area (Å²) in [4.78, 5) is 16.3. The van der Waals surface area contributed by atoms with Crippen LogP contribution in [0.15, 0.2) is 42.6 Å². The van der Waals surface area contributed by atoms with Crippen LogP contribution in [0.3, 0.4) is 0 Å². The summed E-state index contributed by atoms with van der Waals surface area (Å²) in [6, 6.07) is 10.2. The van der Waals surface area contributed by atoms with Gasteiger partial charge in [0.25, 0.3) is 0 Å². The van der Waals surface area contributed by atoms with Gasteiger partial charge in [0.1, 0.15) is 11.6 Å². The summed E-state index contributed by atoms with van der Waals surface area (Å²) in [5.74, 6) is -0.679. The van der Waals surface area contributed by atoms with Gasteiger partial charge in [0.2, 0.25) is 0 Å². The molecule has 1 aliphatic heterocycles. The van der Waals surface area contributed by atoms with Crippen LogP contribution < -0.4 is 4.74 Å². The van der Waals surface area contributed by atoms with E-state index in [1.807, 2.05) is 31.2 Å². The molecule has 0 saturated heterocycles. The van der Waals surface area contributed by atoms with Gasteiger partial charge in [-0.05, 0) is 91.7 Å². The number of aliphatic carboxylic acids is 1. The number of aromatic nitrogens is 1. The van der Waals surface area contributed by atoms with E-state index in [1.165, 1.54) is 12.1 Å². The zero-order valence-electron chi connectivity index (χ0n) is 20.1. The molecule has 3 aromatic carbocycles. The number of hydrogen-bond acceptors (Lipinski definition) is 4. The summed E-state index contributed by atoms with van der Waals surface area (Å²) >= 11 is 6.36. The van der Waals surface area contributed by atoms with Gasteiger partial charge < -0.3 is 14.9 Å². The lowest BCUT2D eigenvalue weighted by molar-refractivity contribution is -0.136. The van der Waals surface area contributed by atoms with Crippen LogP contribution in [0.4, 0.5) is 4.39 Å². The Labute approximate surface area is 208 Å². The molecule has 0 spiro atoms. The van der Waals surface area contributed by atoms with E-state index < -0.39 is 17.4 Å². The zero-order valence-corrected chi connectivity index (χ0v) is 20.8. The standard InChI is InChI=1S/C24H17ClFNO3.C4H10O/c1-12-8-17-18(9-14(26)10-19(17)25)23(16(12)11-21(28)29)15-2-3-20-22-13(5-7-30-20)4-6-27-24(15)22;1-4(2,3)5/h2-4,6,8-10H,5,7,11H2,1H3,(H,28,29);5H,1-3H3. The number of halogens is 2. The quantitative estimate of drug-likeness (QED) is 0.339. The molecule has 0 aliphatic carbocycles. The summed E-state index contributed by atoms with van der Waals surface area (Å²) in [5, 5.41) is 20.5. The Morgan fingerprint density at radius 3 is 2.57 bits per heavy atom. The van der Waals surface area contributed by atoms with Crippen LogP contribution >= 0.6 is 11.6 Å². The van der Waals surface area contributed by atoms with E-state index in [1.54, 1.807) is 27.0 Å². The molecule has 182 valence electrons. The fourth-order valence-electron chi connectivity index (χ4n) is 4.39. The maximum atomic E-state index is 14.4. The topological polar surface area (TPSA) is 79.7 Å². The van der Waals surface area contributed by atoms with E-state index in [0.29, 0.717) is 34.0 Å². The first-order chi connectivity index (χ1) is 16.4. The summed E-state index contributed by atoms with van der Waals surface area (Å²) in [6.45, 7) is 7.68. The van der Waals surface area contributed by atoms with Crippen LogP contribution in [0, 0.1) is 12.7 Å². The molecule has 5 nitrogen and oxygen atoms in total. The van der Waals surface area contributed by atoms with E-state index in [-0.39, 0.29) is 11.4 Å². The Bertz CT molecular complexity index is 1440. The van der Waals surface area contributed by atoms with Gasteiger partial charge in [0.15, 0.2) is 0 Å². The van der Waals surface area contributed by atoms with Crippen LogP contribution in [0.1, 0.15) is 37.5 Å². The third-order valence-corrected chi connectivity index (χ3v) is 5.98. The van der Waals surface area contributed by atoms with Crippen LogP contribution in [0.2, 0.25) is 5.02 Å². The molecule has 0 fully saturated rings. The second kappa shape index (κ2) is 9.44. The minimum absolute atomic E-state index is 0.190. The highest BCUT2D eigenvalue weighted by molar-refractivity contribution is 6.36. The highest BCUT2D eigenvalue weighted by Gasteiger charge is 2.23. The molecule has 0 amide bonds. The lowest BCUT2D eigenvalue weighted by Crippen LogP contribution is -2.10. The van der Waals surface area contributed by atoms with Gasteiger partial charge in [-0.1, -0.05) is 11.6 Å². The summed E-state index contributed by atoms with van der Waals surface area (Å²) < 4.78 is 20.2. The second-order valence-electron chi connectivity index (χ2n) is 9.67. The predicted molar refractivity (Wildman–Crippen MR) is 137 cm³/mol. The minimum Gasteiger partial charge on any atom is -0.493 e. The number of nitrogens with zero attached hydrogens (tertiary/aromatic N) is 1. The highest BCUT2D eigenvalue weighted by atomic mass is 35.5. The molecule has 4 aromatic rings. The molecule has 0 radical (unpaired) electrons. The van der Waals surface area contributed by atoms with E-state index in [4.69, 9.17) is 21.4 Å². The minimum atomic E-state index is -0.958. The van der Waals surface area contributed by atoms with Crippen LogP contribution in [0.5, 0.6) is 5.75 Å². The number of rotatable bonds is 3. The van der Waals surface area contributed by atoms with Gasteiger partial charge in [0, 0.05) is 29.0 Å². The SMILES string of the molecule is CC(C)(C)O.Cc1cc2c(Cl)cc(F)cc2c(-c2ccc3c4c(ccnc24)CCO3)c1CC(=O)O. The Kier molecular flexibility index (Phi) is 6.71. The molecular formula is C28H27ClFNO4. The average molecular weight is 496 g/mol. The van der Waals surface area contributed by atoms with Gasteiger partial charge in [-0.3, -0.25) is 9.78 Å². The van der Waals surface area contributed by atoms with E-state index >= 15 is 0 Å². The van der Waals surface area contributed by atoms with Crippen molar-refractivity contribution in [2.45, 2.75) is 46.1 Å². The molecule has 2 N–H and O–H groups in total. The lowest BCUT2D eigenvalue weighted by Gasteiger charge is -2.22. The van der Waals surface area contributed by atoms with Crippen molar-refractivity contribution < 1.29 is 24.1 Å². The van der Waals surface area contributed by atoms with Gasteiger partial charge in [0.05, 0.1) is 29.2 Å². The molecule has 35 heavy (non-hydrogen) atoms. The van der Waals surface area contributed by atoms with Crippen molar-refractivity contribution in [3.8, 4) is 16.9 Å². The molecule has 0 unspecified atom stereocenters. The number of carboxylic acid groups (broad SMARTS) is 1. The first-order valence-corrected chi connectivity index (χ1v) is 11.7. The van der Waals surface area contributed by atoms with Crippen LogP contribution in [-0.4, -0.2) is 33.4 Å². The summed E-state index contributed by atoms with van der Waals surface area (Å²) in [5.41, 5.74) is 4.14. The average Bonchev–Trinajstić information content (AvgIpc) is 2.75. The Balaban J connectivity index is 0.000000527. The largest absolute Gasteiger partial charge is 0.493 e. The van der Waals surface area contributed by atoms with E-state index in [0.717, 1.165) is 34.2 Å². The Hall–Kier alpha value is -3.22. The number of pyridine rings is 1. The number of benzene rings is 3. The number of carboxylic acids is 1. The fraction of sp³-hybridized carbons (Fsp3) is 0.286. The lowest BCUT2D eigenvalue weighted by atomic mass is 9.86. The molecule has 1 aliphatic rings. The fourth-order valence-corrected chi connectivity index (χ4v) is 4.65. The smallest absolute Gasteiger partial charge is 0.307 e. The first-order valence-electron chi connectivity index (χ1n) is 11.3. The summed E-state index contributed by atoms with van der Waals surface area (Å²) in [6.07, 6.45) is 2.33. The highest BCUT2D eigenvalue weighted by Crippen LogP contribution is 2.43. The summed E-state index contributed by atoms with van der Waals surface area (Å²) in [7, 11) is 0. The van der Waals surface area contributed by atoms with Gasteiger partial charge >= 0.3 is 5.97 Å². The molecule has 7 heteroatoms. The van der Waals surface area contributed by atoms with E-state index in [9.17, 15) is 14.3 Å². The Morgan fingerprint density at radius 2 is 1.89 bits per heavy atom. The van der Waals surface area contributed by atoms with Crippen LogP contribution in [-0.2, 0) is 17.6 Å². The molecule has 1 aromatic heterocycles. The monoisotopic (exact) mass is 495 g/mol. The molecule has 0 bridgehead atoms. The molecule has 5 rings (SSSR count). The number of aryl methyl sites for hydroxylation is 1. The first kappa shape index (κ1) is 24.9. The molecule has 2 heterocycles. The zero-order chi connectivity index (χ0) is 25.5. The molecular weight excluding hydrogens is 469 g/mol. The normalized spacial score (nSPS) is 12.8. The van der Waals surface area contributed by atoms with Gasteiger partial charge in [-0.15, -0.1) is 0 Å². The van der Waals surface area contributed by atoms with E-state index in [2.05, 4.69) is 4.98 Å². The number of aliphatic hydroxyl groups is 1. The number of hydrogen-bond donors (Lipinski definition) is 2. The second-order valence-corrected chi connectivity index (χ2v) is 10.1. The van der Waals surface area contributed by atoms with Crippen molar-refractivity contribution in [3.63, 3.8) is 0 Å². The molecule has 0 atom stereocenters. The number of carbonyl (C=O) groups is 1. The van der Waals surface area contributed by atoms with Crippen LogP contribution in [0.25, 0.3) is 32.8 Å². The third-order valence-electron chi connectivity index (χ3n) is 5.67. The predicted octanol–water partition coefficient (Wildman–Crippen LogP) is 6.50. The number of ether oxygens (including phenoxy) is 1. The van der Waals surface area contributed by atoms with Gasteiger partial charge in [-0.2, -0.15) is 0 Å². The maximum absolute atomic E-state index is 14.4.